The van der Waals surface area contributed by atoms with Crippen LogP contribution in [-0.2, 0) is 9.59 Å². The molecule has 0 saturated carbocycles. The molecule has 1 aromatic heterocycles. The molecule has 1 N–H and O–H groups in total. The molecular formula is C20H32N4O4. The average Bonchev–Trinajstić information content (AvgIpc) is 2.87. The lowest BCUT2D eigenvalue weighted by molar-refractivity contribution is -0.145. The van der Waals surface area contributed by atoms with Crippen molar-refractivity contribution in [3.8, 4) is 0 Å². The van der Waals surface area contributed by atoms with Gasteiger partial charge in [-0.3, -0.25) is 19.1 Å². The van der Waals surface area contributed by atoms with Crippen LogP contribution in [0.1, 0.15) is 75.1 Å². The summed E-state index contributed by atoms with van der Waals surface area (Å²) in [7, 11) is 0. The van der Waals surface area contributed by atoms with Crippen LogP contribution in [0.4, 0.5) is 0 Å². The fraction of sp³-hybridized carbons (Fsp3) is 0.700. The van der Waals surface area contributed by atoms with Crippen molar-refractivity contribution in [2.24, 2.45) is 0 Å². The summed E-state index contributed by atoms with van der Waals surface area (Å²) in [6.07, 6.45) is 3.92. The molecule has 8 nitrogen and oxygen atoms in total. The number of carbonyl (C=O) groups is 3. The molecule has 1 aromatic rings. The molecule has 1 saturated heterocycles. The molecule has 0 aromatic carbocycles. The minimum atomic E-state index is -1.02. The molecule has 156 valence electrons. The number of carboxylic acid groups (broad SMARTS) is 1. The summed E-state index contributed by atoms with van der Waals surface area (Å²) >= 11 is 0. The van der Waals surface area contributed by atoms with E-state index in [0.717, 1.165) is 25.0 Å². The monoisotopic (exact) mass is 392 g/mol. The minimum Gasteiger partial charge on any atom is -0.480 e. The molecule has 1 atom stereocenters. The second kappa shape index (κ2) is 9.71. The van der Waals surface area contributed by atoms with E-state index < -0.39 is 5.97 Å². The van der Waals surface area contributed by atoms with E-state index in [-0.39, 0.29) is 30.4 Å². The van der Waals surface area contributed by atoms with Crippen LogP contribution in [0.5, 0.6) is 0 Å². The third-order valence-electron chi connectivity index (χ3n) is 5.57. The Labute approximate surface area is 166 Å². The Bertz CT molecular complexity index is 711. The summed E-state index contributed by atoms with van der Waals surface area (Å²) in [5.41, 5.74) is 1.44. The first-order valence-corrected chi connectivity index (χ1v) is 10.1. The fourth-order valence-corrected chi connectivity index (χ4v) is 4.00. The molecule has 1 fully saturated rings. The second-order valence-corrected chi connectivity index (χ2v) is 7.50. The Balaban J connectivity index is 2.09. The third kappa shape index (κ3) is 5.11. The van der Waals surface area contributed by atoms with Crippen molar-refractivity contribution in [3.63, 3.8) is 0 Å². The summed E-state index contributed by atoms with van der Waals surface area (Å²) in [6, 6.07) is 1.97. The number of carboxylic acids is 1. The second-order valence-electron chi connectivity index (χ2n) is 7.50. The van der Waals surface area contributed by atoms with E-state index in [0.29, 0.717) is 31.6 Å². The Kier molecular flexibility index (Phi) is 7.60. The Hall–Kier alpha value is -2.38. The molecule has 0 radical (unpaired) electrons. The fourth-order valence-electron chi connectivity index (χ4n) is 4.00. The Morgan fingerprint density at radius 3 is 2.50 bits per heavy atom. The summed E-state index contributed by atoms with van der Waals surface area (Å²) in [4.78, 5) is 39.1. The highest BCUT2D eigenvalue weighted by atomic mass is 16.4. The highest BCUT2D eigenvalue weighted by Gasteiger charge is 2.29. The van der Waals surface area contributed by atoms with E-state index in [2.05, 4.69) is 18.9 Å². The number of aliphatic carboxylic acids is 1. The highest BCUT2D eigenvalue weighted by Crippen LogP contribution is 2.21. The van der Waals surface area contributed by atoms with Crippen LogP contribution in [0.3, 0.4) is 0 Å². The predicted molar refractivity (Wildman–Crippen MR) is 105 cm³/mol. The third-order valence-corrected chi connectivity index (χ3v) is 5.57. The molecule has 2 heterocycles. The summed E-state index contributed by atoms with van der Waals surface area (Å²) in [6.45, 7) is 8.37. The normalized spacial score (nSPS) is 17.5. The lowest BCUT2D eigenvalue weighted by atomic mass is 10.1. The lowest BCUT2D eigenvalue weighted by Crippen LogP contribution is -2.43. The Morgan fingerprint density at radius 1 is 1.25 bits per heavy atom. The van der Waals surface area contributed by atoms with Gasteiger partial charge in [0.25, 0.3) is 5.91 Å². The zero-order valence-electron chi connectivity index (χ0n) is 17.3. The molecule has 0 bridgehead atoms. The molecule has 2 rings (SSSR count). The average molecular weight is 393 g/mol. The van der Waals surface area contributed by atoms with Gasteiger partial charge in [0.15, 0.2) is 5.69 Å². The molecule has 1 aliphatic rings. The number of hydrogen-bond donors (Lipinski definition) is 1. The van der Waals surface area contributed by atoms with Gasteiger partial charge < -0.3 is 14.9 Å². The quantitative estimate of drug-likeness (QED) is 0.769. The molecule has 1 aliphatic heterocycles. The maximum atomic E-state index is 13.0. The molecule has 0 aliphatic carbocycles. The number of carbonyl (C=O) groups excluding carboxylic acids is 2. The van der Waals surface area contributed by atoms with E-state index >= 15 is 0 Å². The minimum absolute atomic E-state index is 0.0962. The number of aryl methyl sites for hydroxylation is 1. The maximum absolute atomic E-state index is 13.0. The zero-order valence-corrected chi connectivity index (χ0v) is 17.3. The van der Waals surface area contributed by atoms with Crippen molar-refractivity contribution >= 4 is 17.8 Å². The molecule has 0 spiro atoms. The van der Waals surface area contributed by atoms with Crippen LogP contribution < -0.4 is 0 Å². The lowest BCUT2D eigenvalue weighted by Gasteiger charge is -2.28. The first-order valence-electron chi connectivity index (χ1n) is 10.1. The van der Waals surface area contributed by atoms with Crippen LogP contribution in [0.15, 0.2) is 6.07 Å². The van der Waals surface area contributed by atoms with Gasteiger partial charge in [0.05, 0.1) is 6.04 Å². The number of likely N-dealkylation sites (tertiary alicyclic amines) is 1. The number of rotatable bonds is 7. The molecule has 1 unspecified atom stereocenters. The maximum Gasteiger partial charge on any atom is 0.323 e. The van der Waals surface area contributed by atoms with E-state index in [1.54, 1.807) is 4.90 Å². The van der Waals surface area contributed by atoms with Gasteiger partial charge in [0.1, 0.15) is 6.54 Å². The van der Waals surface area contributed by atoms with E-state index in [1.165, 1.54) is 11.8 Å². The van der Waals surface area contributed by atoms with Crippen molar-refractivity contribution in [1.29, 1.82) is 0 Å². The largest absolute Gasteiger partial charge is 0.480 e. The summed E-state index contributed by atoms with van der Waals surface area (Å²) < 4.78 is 1.94. The van der Waals surface area contributed by atoms with E-state index in [1.807, 2.05) is 17.7 Å². The molecule has 2 amide bonds. The van der Waals surface area contributed by atoms with Gasteiger partial charge in [-0.1, -0.05) is 13.8 Å². The van der Waals surface area contributed by atoms with Gasteiger partial charge in [-0.15, -0.1) is 0 Å². The molecule has 28 heavy (non-hydrogen) atoms. The van der Waals surface area contributed by atoms with Crippen molar-refractivity contribution < 1.29 is 19.5 Å². The van der Waals surface area contributed by atoms with Crippen molar-refractivity contribution in [1.82, 2.24) is 19.6 Å². The van der Waals surface area contributed by atoms with E-state index in [4.69, 9.17) is 5.11 Å². The van der Waals surface area contributed by atoms with Gasteiger partial charge in [-0.25, -0.2) is 0 Å². The van der Waals surface area contributed by atoms with E-state index in [9.17, 15) is 14.4 Å². The number of hydrogen-bond acceptors (Lipinski definition) is 4. The van der Waals surface area contributed by atoms with Crippen molar-refractivity contribution in [2.45, 2.75) is 71.9 Å². The van der Waals surface area contributed by atoms with Gasteiger partial charge in [0, 0.05) is 31.7 Å². The summed E-state index contributed by atoms with van der Waals surface area (Å²) in [5, 5.41) is 13.6. The van der Waals surface area contributed by atoms with Crippen molar-refractivity contribution in [3.05, 3.63) is 17.5 Å². The van der Waals surface area contributed by atoms with Gasteiger partial charge in [-0.2, -0.15) is 5.10 Å². The van der Waals surface area contributed by atoms with Crippen molar-refractivity contribution in [2.75, 3.05) is 19.6 Å². The number of nitrogens with zero attached hydrogens (tertiary/aromatic N) is 4. The molecule has 8 heteroatoms. The van der Waals surface area contributed by atoms with Crippen LogP contribution in [0.2, 0.25) is 0 Å². The highest BCUT2D eigenvalue weighted by molar-refractivity contribution is 5.92. The Morgan fingerprint density at radius 2 is 1.93 bits per heavy atom. The van der Waals surface area contributed by atoms with Crippen LogP contribution >= 0.6 is 0 Å². The van der Waals surface area contributed by atoms with Gasteiger partial charge in [0.2, 0.25) is 5.91 Å². The smallest absolute Gasteiger partial charge is 0.323 e. The predicted octanol–water partition coefficient (Wildman–Crippen LogP) is 2.48. The summed E-state index contributed by atoms with van der Waals surface area (Å²) in [5.74, 6) is -1.36. The first kappa shape index (κ1) is 21.9. The zero-order chi connectivity index (χ0) is 20.8. The first-order chi connectivity index (χ1) is 13.3. The standard InChI is InChI=1S/C20H32N4O4/c1-5-16(6-2)24-14(3)12-18(21-24)20(28)22-10-7-8-17(9-11-22)23(15(4)25)13-19(26)27/h12,16-17H,5-11,13H2,1-4H3,(H,26,27). The van der Waals surface area contributed by atoms with Crippen LogP contribution in [0, 0.1) is 6.92 Å². The number of aromatic nitrogens is 2. The van der Waals surface area contributed by atoms with Crippen LogP contribution in [-0.4, -0.2) is 68.1 Å². The number of amides is 2. The van der Waals surface area contributed by atoms with Gasteiger partial charge >= 0.3 is 5.97 Å². The topological polar surface area (TPSA) is 95.7 Å². The van der Waals surface area contributed by atoms with Gasteiger partial charge in [-0.05, 0) is 45.1 Å². The van der Waals surface area contributed by atoms with Crippen LogP contribution in [0.25, 0.3) is 0 Å². The SMILES string of the molecule is CCC(CC)n1nc(C(=O)N2CCCC(N(CC(=O)O)C(C)=O)CC2)cc1C. The molecular weight excluding hydrogens is 360 g/mol.